The van der Waals surface area contributed by atoms with Crippen LogP contribution in [0.15, 0.2) is 18.2 Å². The Balaban J connectivity index is 2.70. The van der Waals surface area contributed by atoms with Crippen LogP contribution < -0.4 is 0 Å². The summed E-state index contributed by atoms with van der Waals surface area (Å²) >= 11 is 0. The van der Waals surface area contributed by atoms with E-state index < -0.39 is 22.8 Å². The molecule has 140 valence electrons. The molecule has 25 heavy (non-hydrogen) atoms. The number of rotatable bonds is 10. The highest BCUT2D eigenvalue weighted by molar-refractivity contribution is 5.73. The lowest BCUT2D eigenvalue weighted by atomic mass is 9.84. The van der Waals surface area contributed by atoms with Crippen LogP contribution in [0, 0.1) is 10.8 Å². The fourth-order valence-corrected chi connectivity index (χ4v) is 2.74. The number of hydrogen-bond acceptors (Lipinski definition) is 3. The molecular weight excluding hydrogens is 320 g/mol. The van der Waals surface area contributed by atoms with Gasteiger partial charge >= 0.3 is 11.9 Å². The van der Waals surface area contributed by atoms with Crippen LogP contribution >= 0.6 is 0 Å². The Labute approximate surface area is 149 Å². The van der Waals surface area contributed by atoms with Crippen LogP contribution in [-0.2, 0) is 22.4 Å². The van der Waals surface area contributed by atoms with Crippen LogP contribution in [0.5, 0.6) is 5.75 Å². The van der Waals surface area contributed by atoms with E-state index in [0.29, 0.717) is 19.3 Å². The van der Waals surface area contributed by atoms with Gasteiger partial charge in [-0.2, -0.15) is 0 Å². The molecule has 0 amide bonds. The minimum Gasteiger partial charge on any atom is -0.508 e. The first-order chi connectivity index (χ1) is 11.5. The largest absolute Gasteiger partial charge is 0.508 e. The van der Waals surface area contributed by atoms with E-state index in [0.717, 1.165) is 30.4 Å². The van der Waals surface area contributed by atoms with Gasteiger partial charge < -0.3 is 15.3 Å². The molecule has 0 saturated carbocycles. The maximum Gasteiger partial charge on any atom is 0.309 e. The standard InChI is InChI=1S/C20H30O5/c1-19(2,17(22)23)11-5-7-14-9-10-16(21)13-15(14)8-6-12-20(3,4)18(24)25/h9-10,13,21H,5-8,11-12H2,1-4H3,(H,22,23)(H,24,25). The number of carboxylic acid groups (broad SMARTS) is 2. The van der Waals surface area contributed by atoms with Crippen molar-refractivity contribution in [2.24, 2.45) is 10.8 Å². The number of carboxylic acids is 2. The van der Waals surface area contributed by atoms with Crippen LogP contribution in [0.1, 0.15) is 64.5 Å². The van der Waals surface area contributed by atoms with Crippen molar-refractivity contribution < 1.29 is 24.9 Å². The second-order valence-electron chi connectivity index (χ2n) is 8.04. The maximum absolute atomic E-state index is 11.2. The molecule has 0 unspecified atom stereocenters. The highest BCUT2D eigenvalue weighted by Gasteiger charge is 2.27. The zero-order chi connectivity index (χ0) is 19.3. The molecule has 1 aromatic carbocycles. The summed E-state index contributed by atoms with van der Waals surface area (Å²) in [4.78, 5) is 22.4. The molecule has 0 heterocycles. The number of benzene rings is 1. The third-order valence-corrected chi connectivity index (χ3v) is 4.84. The van der Waals surface area contributed by atoms with Crippen molar-refractivity contribution in [2.75, 3.05) is 0 Å². The molecule has 1 aromatic rings. The van der Waals surface area contributed by atoms with Crippen LogP contribution in [-0.4, -0.2) is 27.3 Å². The van der Waals surface area contributed by atoms with Gasteiger partial charge in [-0.3, -0.25) is 9.59 Å². The van der Waals surface area contributed by atoms with Crippen LogP contribution in [0.2, 0.25) is 0 Å². The number of carbonyl (C=O) groups is 2. The van der Waals surface area contributed by atoms with Crippen molar-refractivity contribution in [3.05, 3.63) is 29.3 Å². The molecule has 5 nitrogen and oxygen atoms in total. The molecule has 0 fully saturated rings. The lowest BCUT2D eigenvalue weighted by Gasteiger charge is -2.20. The monoisotopic (exact) mass is 350 g/mol. The molecule has 1 rings (SSSR count). The number of aromatic hydroxyl groups is 1. The molecule has 3 N–H and O–H groups in total. The van der Waals surface area contributed by atoms with Crippen LogP contribution in [0.3, 0.4) is 0 Å². The number of hydrogen-bond donors (Lipinski definition) is 3. The fraction of sp³-hybridized carbons (Fsp3) is 0.600. The van der Waals surface area contributed by atoms with Gasteiger partial charge in [0.15, 0.2) is 0 Å². The third kappa shape index (κ3) is 6.40. The zero-order valence-corrected chi connectivity index (χ0v) is 15.6. The Morgan fingerprint density at radius 3 is 1.72 bits per heavy atom. The van der Waals surface area contributed by atoms with Gasteiger partial charge in [-0.15, -0.1) is 0 Å². The molecule has 0 bridgehead atoms. The van der Waals surface area contributed by atoms with Crippen molar-refractivity contribution in [1.82, 2.24) is 0 Å². The van der Waals surface area contributed by atoms with Gasteiger partial charge in [-0.05, 0) is 89.5 Å². The molecule has 5 heteroatoms. The normalized spacial score (nSPS) is 12.2. The van der Waals surface area contributed by atoms with E-state index in [-0.39, 0.29) is 5.75 Å². The second-order valence-corrected chi connectivity index (χ2v) is 8.04. The lowest BCUT2D eigenvalue weighted by Crippen LogP contribution is -2.23. The third-order valence-electron chi connectivity index (χ3n) is 4.84. The van der Waals surface area contributed by atoms with Crippen molar-refractivity contribution in [1.29, 1.82) is 0 Å². The summed E-state index contributed by atoms with van der Waals surface area (Å²) in [6.07, 6.45) is 4.05. The quantitative estimate of drug-likeness (QED) is 0.586. The van der Waals surface area contributed by atoms with Crippen molar-refractivity contribution in [3.63, 3.8) is 0 Å². The summed E-state index contributed by atoms with van der Waals surface area (Å²) < 4.78 is 0. The number of aliphatic carboxylic acids is 2. The molecule has 0 radical (unpaired) electrons. The predicted molar refractivity (Wildman–Crippen MR) is 96.8 cm³/mol. The average Bonchev–Trinajstić information content (AvgIpc) is 2.48. The van der Waals surface area contributed by atoms with Crippen molar-refractivity contribution in [2.45, 2.75) is 66.2 Å². The Hall–Kier alpha value is -2.04. The SMILES string of the molecule is CC(C)(CCCc1ccc(O)cc1CCCC(C)(C)C(=O)O)C(=O)O. The van der Waals surface area contributed by atoms with E-state index in [1.165, 1.54) is 0 Å². The lowest BCUT2D eigenvalue weighted by molar-refractivity contribution is -0.148. The van der Waals surface area contributed by atoms with E-state index >= 15 is 0 Å². The molecule has 0 aliphatic rings. The van der Waals surface area contributed by atoms with Crippen molar-refractivity contribution in [3.8, 4) is 5.75 Å². The van der Waals surface area contributed by atoms with Gasteiger partial charge in [-0.1, -0.05) is 6.07 Å². The predicted octanol–water partition coefficient (Wildman–Crippen LogP) is 4.26. The Kier molecular flexibility index (Phi) is 7.03. The molecule has 0 aliphatic carbocycles. The second kappa shape index (κ2) is 8.37. The highest BCUT2D eigenvalue weighted by Crippen LogP contribution is 2.28. The highest BCUT2D eigenvalue weighted by atomic mass is 16.4. The van der Waals surface area contributed by atoms with Gasteiger partial charge in [0.2, 0.25) is 0 Å². The summed E-state index contributed by atoms with van der Waals surface area (Å²) in [6.45, 7) is 6.88. The molecular formula is C20H30O5. The number of phenols is 1. The van der Waals surface area contributed by atoms with E-state index in [9.17, 15) is 24.9 Å². The summed E-state index contributed by atoms with van der Waals surface area (Å²) in [6, 6.07) is 5.24. The Morgan fingerprint density at radius 1 is 0.840 bits per heavy atom. The number of aryl methyl sites for hydroxylation is 2. The molecule has 0 aliphatic heterocycles. The summed E-state index contributed by atoms with van der Waals surface area (Å²) in [5.74, 6) is -1.41. The van der Waals surface area contributed by atoms with E-state index in [1.54, 1.807) is 39.8 Å². The Bertz CT molecular complexity index is 617. The van der Waals surface area contributed by atoms with Crippen LogP contribution in [0.25, 0.3) is 0 Å². The molecule has 0 saturated heterocycles. The smallest absolute Gasteiger partial charge is 0.309 e. The fourth-order valence-electron chi connectivity index (χ4n) is 2.74. The first kappa shape index (κ1) is 21.0. The topological polar surface area (TPSA) is 94.8 Å². The van der Waals surface area contributed by atoms with Gasteiger partial charge in [0.1, 0.15) is 5.75 Å². The summed E-state index contributed by atoms with van der Waals surface area (Å²) in [5, 5.41) is 28.1. The average molecular weight is 350 g/mol. The first-order valence-corrected chi connectivity index (χ1v) is 8.73. The molecule has 0 atom stereocenters. The van der Waals surface area contributed by atoms with Crippen molar-refractivity contribution >= 4 is 11.9 Å². The zero-order valence-electron chi connectivity index (χ0n) is 15.6. The van der Waals surface area contributed by atoms with E-state index in [2.05, 4.69) is 0 Å². The minimum atomic E-state index is -0.806. The maximum atomic E-state index is 11.2. The summed E-state index contributed by atoms with van der Waals surface area (Å²) in [5.41, 5.74) is 0.590. The van der Waals surface area contributed by atoms with Gasteiger partial charge in [0.25, 0.3) is 0 Å². The van der Waals surface area contributed by atoms with Gasteiger partial charge in [0.05, 0.1) is 10.8 Å². The molecule has 0 spiro atoms. The van der Waals surface area contributed by atoms with Gasteiger partial charge in [0, 0.05) is 0 Å². The molecule has 0 aromatic heterocycles. The first-order valence-electron chi connectivity index (χ1n) is 8.73. The van der Waals surface area contributed by atoms with E-state index in [4.69, 9.17) is 0 Å². The van der Waals surface area contributed by atoms with Crippen LogP contribution in [0.4, 0.5) is 0 Å². The Morgan fingerprint density at radius 2 is 1.28 bits per heavy atom. The minimum absolute atomic E-state index is 0.196. The van der Waals surface area contributed by atoms with E-state index in [1.807, 2.05) is 6.07 Å². The number of phenolic OH excluding ortho intramolecular Hbond substituents is 1. The van der Waals surface area contributed by atoms with Gasteiger partial charge in [-0.25, -0.2) is 0 Å². The summed E-state index contributed by atoms with van der Waals surface area (Å²) in [7, 11) is 0.